The van der Waals surface area contributed by atoms with Crippen LogP contribution in [0.5, 0.6) is 0 Å². The van der Waals surface area contributed by atoms with Crippen LogP contribution in [0.2, 0.25) is 0 Å². The lowest BCUT2D eigenvalue weighted by molar-refractivity contribution is -0.169. The van der Waals surface area contributed by atoms with Crippen LogP contribution in [0, 0.1) is 29.1 Å². The number of hydrogen-bond donors (Lipinski definition) is 3. The number of carbonyl (C=O) groups is 1. The molecule has 0 aromatic rings. The first-order chi connectivity index (χ1) is 18.5. The molecule has 8 heteroatoms. The molecule has 0 bridgehead atoms. The average Bonchev–Trinajstić information content (AvgIpc) is 3.62. The summed E-state index contributed by atoms with van der Waals surface area (Å²) in [7, 11) is 2.20. The second kappa shape index (κ2) is 10.6. The van der Waals surface area contributed by atoms with Crippen LogP contribution in [0.3, 0.4) is 0 Å². The first kappa shape index (κ1) is 26.1. The highest BCUT2D eigenvalue weighted by atomic mass is 16.5. The maximum atomic E-state index is 14.2. The fourth-order valence-electron chi connectivity index (χ4n) is 9.37. The Morgan fingerprint density at radius 2 is 1.87 bits per heavy atom. The molecular weight excluding hydrogens is 476 g/mol. The van der Waals surface area contributed by atoms with E-state index in [4.69, 9.17) is 4.74 Å². The molecule has 8 nitrogen and oxygen atoms in total. The van der Waals surface area contributed by atoms with Crippen molar-refractivity contribution in [2.75, 3.05) is 46.6 Å². The highest BCUT2D eigenvalue weighted by Gasteiger charge is 2.56. The number of piperidine rings is 2. The zero-order valence-electron chi connectivity index (χ0n) is 23.9. The van der Waals surface area contributed by atoms with Crippen molar-refractivity contribution in [2.45, 2.75) is 108 Å². The van der Waals surface area contributed by atoms with Gasteiger partial charge in [0.15, 0.2) is 0 Å². The minimum absolute atomic E-state index is 0.239. The molecule has 5 aliphatic heterocycles. The summed E-state index contributed by atoms with van der Waals surface area (Å²) in [4.78, 5) is 21.7. The molecule has 7 aliphatic rings. The zero-order chi connectivity index (χ0) is 25.9. The lowest BCUT2D eigenvalue weighted by Crippen LogP contribution is -2.60. The van der Waals surface area contributed by atoms with Gasteiger partial charge in [-0.2, -0.15) is 0 Å². The van der Waals surface area contributed by atoms with Crippen LogP contribution in [0.25, 0.3) is 0 Å². The van der Waals surface area contributed by atoms with Crippen molar-refractivity contribution in [3.8, 4) is 0 Å². The molecule has 0 radical (unpaired) electrons. The van der Waals surface area contributed by atoms with E-state index in [1.807, 2.05) is 0 Å². The van der Waals surface area contributed by atoms with Gasteiger partial charge >= 0.3 is 0 Å². The quantitative estimate of drug-likeness (QED) is 0.469. The van der Waals surface area contributed by atoms with Crippen LogP contribution in [-0.4, -0.2) is 97.5 Å². The minimum atomic E-state index is 0.239. The summed E-state index contributed by atoms with van der Waals surface area (Å²) >= 11 is 0. The summed E-state index contributed by atoms with van der Waals surface area (Å²) in [6.07, 6.45) is 14.2. The summed E-state index contributed by atoms with van der Waals surface area (Å²) in [6, 6.07) is 1.97. The van der Waals surface area contributed by atoms with E-state index >= 15 is 0 Å². The molecule has 8 unspecified atom stereocenters. The topological polar surface area (TPSA) is 72.1 Å². The van der Waals surface area contributed by atoms with Crippen molar-refractivity contribution in [1.29, 1.82) is 0 Å². The molecule has 0 aromatic heterocycles. The third kappa shape index (κ3) is 4.75. The molecule has 7 rings (SSSR count). The van der Waals surface area contributed by atoms with Crippen molar-refractivity contribution in [3.05, 3.63) is 0 Å². The lowest BCUT2D eigenvalue weighted by Gasteiger charge is -2.52. The van der Waals surface area contributed by atoms with Gasteiger partial charge in [-0.05, 0) is 96.7 Å². The number of hydrazine groups is 1. The Labute approximate surface area is 229 Å². The van der Waals surface area contributed by atoms with E-state index < -0.39 is 0 Å². The van der Waals surface area contributed by atoms with Gasteiger partial charge in [-0.1, -0.05) is 12.8 Å². The van der Waals surface area contributed by atoms with Crippen LogP contribution in [0.15, 0.2) is 0 Å². The Kier molecular flexibility index (Phi) is 7.27. The Morgan fingerprint density at radius 1 is 1.05 bits per heavy atom. The monoisotopic (exact) mass is 528 g/mol. The summed E-state index contributed by atoms with van der Waals surface area (Å²) < 4.78 is 5.87. The van der Waals surface area contributed by atoms with Crippen molar-refractivity contribution in [3.63, 3.8) is 0 Å². The number of rotatable bonds is 7. The van der Waals surface area contributed by atoms with Gasteiger partial charge in [0.2, 0.25) is 5.91 Å². The van der Waals surface area contributed by atoms with Gasteiger partial charge in [-0.25, -0.2) is 10.9 Å². The fraction of sp³-hybridized carbons (Fsp3) is 0.967. The van der Waals surface area contributed by atoms with Crippen molar-refractivity contribution in [2.24, 2.45) is 29.1 Å². The summed E-state index contributed by atoms with van der Waals surface area (Å²) in [6.45, 7) is 8.58. The third-order valence-corrected chi connectivity index (χ3v) is 12.0. The third-order valence-electron chi connectivity index (χ3n) is 12.0. The van der Waals surface area contributed by atoms with E-state index in [-0.39, 0.29) is 11.3 Å². The largest absolute Gasteiger partial charge is 0.380 e. The maximum Gasteiger partial charge on any atom is 0.226 e. The van der Waals surface area contributed by atoms with E-state index in [9.17, 15) is 4.79 Å². The van der Waals surface area contributed by atoms with Gasteiger partial charge in [0.05, 0.1) is 26.0 Å². The normalized spacial score (nSPS) is 43.2. The highest BCUT2D eigenvalue weighted by Crippen LogP contribution is 2.50. The second-order valence-electron chi connectivity index (χ2n) is 14.3. The predicted molar refractivity (Wildman–Crippen MR) is 148 cm³/mol. The lowest BCUT2D eigenvalue weighted by atomic mass is 9.64. The maximum absolute atomic E-state index is 14.2. The predicted octanol–water partition coefficient (Wildman–Crippen LogP) is 2.36. The SMILES string of the molecule is CC(C1CC2C(=O)N(C3CCCC(C4(CC5NNCN5C)COC4)C3)CC2C(C2CC2)N1)N1CCCCC1. The van der Waals surface area contributed by atoms with Crippen LogP contribution in [-0.2, 0) is 9.53 Å². The first-order valence-corrected chi connectivity index (χ1v) is 16.1. The second-order valence-corrected chi connectivity index (χ2v) is 14.3. The van der Waals surface area contributed by atoms with Gasteiger partial charge in [0, 0.05) is 48.0 Å². The number of likely N-dealkylation sites (tertiary alicyclic amines) is 2. The molecule has 7 fully saturated rings. The number of hydrogen-bond acceptors (Lipinski definition) is 7. The van der Waals surface area contributed by atoms with Gasteiger partial charge in [0.1, 0.15) is 0 Å². The van der Waals surface area contributed by atoms with Crippen molar-refractivity contribution >= 4 is 5.91 Å². The van der Waals surface area contributed by atoms with E-state index in [1.54, 1.807) is 0 Å². The molecule has 1 amide bonds. The molecule has 214 valence electrons. The first-order valence-electron chi connectivity index (χ1n) is 16.1. The molecule has 2 aliphatic carbocycles. The van der Waals surface area contributed by atoms with E-state index in [2.05, 4.69) is 44.8 Å². The molecule has 0 aromatic carbocycles. The van der Waals surface area contributed by atoms with Gasteiger partial charge in [0.25, 0.3) is 0 Å². The Bertz CT molecular complexity index is 858. The Morgan fingerprint density at radius 3 is 2.55 bits per heavy atom. The molecule has 8 atom stereocenters. The van der Waals surface area contributed by atoms with Crippen LogP contribution in [0.1, 0.15) is 77.6 Å². The summed E-state index contributed by atoms with van der Waals surface area (Å²) in [5, 5.41) is 4.17. The number of carbonyl (C=O) groups excluding carboxylic acids is 1. The van der Waals surface area contributed by atoms with Crippen molar-refractivity contribution < 1.29 is 9.53 Å². The molecule has 5 heterocycles. The van der Waals surface area contributed by atoms with E-state index in [0.717, 1.165) is 45.2 Å². The van der Waals surface area contributed by atoms with Gasteiger partial charge in [-0.15, -0.1) is 0 Å². The van der Waals surface area contributed by atoms with Gasteiger partial charge < -0.3 is 15.0 Å². The number of nitrogens with zero attached hydrogens (tertiary/aromatic N) is 3. The molecular formula is C30H52N6O2. The molecule has 3 N–H and O–H groups in total. The average molecular weight is 529 g/mol. The van der Waals surface area contributed by atoms with E-state index in [0.29, 0.717) is 48.1 Å². The van der Waals surface area contributed by atoms with E-state index in [1.165, 1.54) is 70.9 Å². The minimum Gasteiger partial charge on any atom is -0.380 e. The van der Waals surface area contributed by atoms with Crippen LogP contribution >= 0.6 is 0 Å². The van der Waals surface area contributed by atoms with Crippen LogP contribution < -0.4 is 16.2 Å². The Hall–Kier alpha value is -0.770. The molecule has 38 heavy (non-hydrogen) atoms. The smallest absolute Gasteiger partial charge is 0.226 e. The standard InChI is InChI=1S/C30H52N6O2/c1-20(35-11-4-3-5-12-35)26-14-24-25(28(32-26)21-9-10-21)16-36(29(24)37)23-8-6-7-22(13-23)30(17-38-18-30)15-27-33-31-19-34(27)2/h20-28,31-33H,3-19H2,1-2H3. The highest BCUT2D eigenvalue weighted by molar-refractivity contribution is 5.82. The summed E-state index contributed by atoms with van der Waals surface area (Å²) in [5.74, 6) is 2.71. The number of fused-ring (bicyclic) bond motifs is 1. The van der Waals surface area contributed by atoms with Crippen molar-refractivity contribution in [1.82, 2.24) is 30.9 Å². The van der Waals surface area contributed by atoms with Crippen LogP contribution in [0.4, 0.5) is 0 Å². The number of nitrogens with one attached hydrogen (secondary N) is 3. The fourth-order valence-corrected chi connectivity index (χ4v) is 9.37. The number of ether oxygens (including phenoxy) is 1. The molecule has 5 saturated heterocycles. The zero-order valence-corrected chi connectivity index (χ0v) is 23.9. The Balaban J connectivity index is 1.04. The molecule has 0 spiro atoms. The summed E-state index contributed by atoms with van der Waals surface area (Å²) in [5.41, 5.74) is 7.05. The van der Waals surface area contributed by atoms with Gasteiger partial charge in [-0.3, -0.25) is 14.6 Å². The number of amides is 1. The molecule has 2 saturated carbocycles.